The monoisotopic (exact) mass is 276 g/mol. The van der Waals surface area contributed by atoms with Crippen LogP contribution in [0.25, 0.3) is 0 Å². The smallest absolute Gasteiger partial charge is 0.213 e. The molecule has 6 heteroatoms. The lowest BCUT2D eigenvalue weighted by atomic mass is 10.1. The predicted octanol–water partition coefficient (Wildman–Crippen LogP) is 2.24. The second-order valence-corrected chi connectivity index (χ2v) is 5.64. The zero-order chi connectivity index (χ0) is 14.6. The SMILES string of the molecule is Cc1ccc(OCc2ncon2)c(CNC(C)(C)C)n1. The molecule has 0 aliphatic carbocycles. The average molecular weight is 276 g/mol. The Morgan fingerprint density at radius 1 is 1.30 bits per heavy atom. The van der Waals surface area contributed by atoms with Gasteiger partial charge in [-0.2, -0.15) is 4.98 Å². The standard InChI is InChI=1S/C14H20N4O2/c1-10-5-6-12(19-8-13-15-9-20-18-13)11(17-10)7-16-14(2,3)4/h5-6,9,16H,7-8H2,1-4H3. The van der Waals surface area contributed by atoms with Crippen molar-refractivity contribution >= 4 is 0 Å². The molecule has 0 fully saturated rings. The summed E-state index contributed by atoms with van der Waals surface area (Å²) >= 11 is 0. The van der Waals surface area contributed by atoms with E-state index in [-0.39, 0.29) is 12.1 Å². The van der Waals surface area contributed by atoms with Crippen molar-refractivity contribution in [3.63, 3.8) is 0 Å². The summed E-state index contributed by atoms with van der Waals surface area (Å²) < 4.78 is 10.4. The van der Waals surface area contributed by atoms with E-state index in [4.69, 9.17) is 4.74 Å². The molecule has 108 valence electrons. The third kappa shape index (κ3) is 4.31. The Hall–Kier alpha value is -1.95. The number of nitrogens with one attached hydrogen (secondary N) is 1. The molecule has 20 heavy (non-hydrogen) atoms. The van der Waals surface area contributed by atoms with Crippen molar-refractivity contribution in [2.75, 3.05) is 0 Å². The molecule has 0 saturated heterocycles. The summed E-state index contributed by atoms with van der Waals surface area (Å²) in [4.78, 5) is 8.45. The van der Waals surface area contributed by atoms with Crippen molar-refractivity contribution in [2.45, 2.75) is 46.4 Å². The molecule has 0 aromatic carbocycles. The van der Waals surface area contributed by atoms with Crippen LogP contribution in [0.1, 0.15) is 38.0 Å². The summed E-state index contributed by atoms with van der Waals surface area (Å²) in [5.74, 6) is 1.25. The van der Waals surface area contributed by atoms with E-state index >= 15 is 0 Å². The van der Waals surface area contributed by atoms with Crippen molar-refractivity contribution in [1.82, 2.24) is 20.4 Å². The number of hydrogen-bond acceptors (Lipinski definition) is 6. The third-order valence-corrected chi connectivity index (χ3v) is 2.62. The van der Waals surface area contributed by atoms with Crippen LogP contribution in [0.5, 0.6) is 5.75 Å². The van der Waals surface area contributed by atoms with Gasteiger partial charge in [0, 0.05) is 17.8 Å². The van der Waals surface area contributed by atoms with Gasteiger partial charge in [-0.3, -0.25) is 4.98 Å². The lowest BCUT2D eigenvalue weighted by Gasteiger charge is -2.21. The second-order valence-electron chi connectivity index (χ2n) is 5.64. The molecule has 1 N–H and O–H groups in total. The fourth-order valence-corrected chi connectivity index (χ4v) is 1.60. The maximum Gasteiger partial charge on any atom is 0.213 e. The van der Waals surface area contributed by atoms with Gasteiger partial charge >= 0.3 is 0 Å². The lowest BCUT2D eigenvalue weighted by molar-refractivity contribution is 0.280. The Balaban J connectivity index is 2.07. The highest BCUT2D eigenvalue weighted by atomic mass is 16.5. The van der Waals surface area contributed by atoms with E-state index < -0.39 is 0 Å². The normalized spacial score (nSPS) is 11.6. The van der Waals surface area contributed by atoms with Gasteiger partial charge in [0.25, 0.3) is 0 Å². The quantitative estimate of drug-likeness (QED) is 0.903. The number of pyridine rings is 1. The lowest BCUT2D eigenvalue weighted by Crippen LogP contribution is -2.35. The topological polar surface area (TPSA) is 73.1 Å². The van der Waals surface area contributed by atoms with Crippen LogP contribution in [0.3, 0.4) is 0 Å². The van der Waals surface area contributed by atoms with Crippen molar-refractivity contribution in [1.29, 1.82) is 0 Å². The van der Waals surface area contributed by atoms with Crippen molar-refractivity contribution in [3.05, 3.63) is 35.7 Å². The summed E-state index contributed by atoms with van der Waals surface area (Å²) in [5, 5.41) is 7.12. The van der Waals surface area contributed by atoms with Crippen LogP contribution < -0.4 is 10.1 Å². The first kappa shape index (κ1) is 14.5. The Bertz CT molecular complexity index is 547. The number of nitrogens with zero attached hydrogens (tertiary/aromatic N) is 3. The fraction of sp³-hybridized carbons (Fsp3) is 0.500. The maximum absolute atomic E-state index is 5.71. The van der Waals surface area contributed by atoms with Crippen LogP contribution in [0.15, 0.2) is 23.0 Å². The number of hydrogen-bond donors (Lipinski definition) is 1. The van der Waals surface area contributed by atoms with Crippen LogP contribution in [-0.4, -0.2) is 20.7 Å². The van der Waals surface area contributed by atoms with Gasteiger partial charge in [-0.05, 0) is 39.8 Å². The predicted molar refractivity (Wildman–Crippen MR) is 74.2 cm³/mol. The number of rotatable bonds is 5. The molecule has 0 amide bonds. The fourth-order valence-electron chi connectivity index (χ4n) is 1.60. The van der Waals surface area contributed by atoms with Crippen LogP contribution in [-0.2, 0) is 13.2 Å². The van der Waals surface area contributed by atoms with E-state index in [9.17, 15) is 0 Å². The Kier molecular flexibility index (Phi) is 4.34. The largest absolute Gasteiger partial charge is 0.484 e. The van der Waals surface area contributed by atoms with Crippen molar-refractivity contribution in [3.8, 4) is 5.75 Å². The van der Waals surface area contributed by atoms with Gasteiger partial charge < -0.3 is 14.6 Å². The molecule has 0 aliphatic rings. The summed E-state index contributed by atoms with van der Waals surface area (Å²) in [5.41, 5.74) is 1.86. The van der Waals surface area contributed by atoms with Gasteiger partial charge in [0.15, 0.2) is 6.61 Å². The molecule has 0 spiro atoms. The number of aryl methyl sites for hydroxylation is 1. The van der Waals surface area contributed by atoms with Crippen LogP contribution in [0.4, 0.5) is 0 Å². The second kappa shape index (κ2) is 6.00. The first-order valence-electron chi connectivity index (χ1n) is 6.54. The van der Waals surface area contributed by atoms with Gasteiger partial charge in [-0.25, -0.2) is 0 Å². The Labute approximate surface area is 118 Å². The van der Waals surface area contributed by atoms with Gasteiger partial charge in [-0.1, -0.05) is 5.16 Å². The molecule has 0 atom stereocenters. The molecule has 0 aliphatic heterocycles. The van der Waals surface area contributed by atoms with Crippen LogP contribution in [0.2, 0.25) is 0 Å². The van der Waals surface area contributed by atoms with E-state index in [0.29, 0.717) is 12.4 Å². The summed E-state index contributed by atoms with van der Waals surface area (Å²) in [6.07, 6.45) is 1.29. The maximum atomic E-state index is 5.71. The molecule has 0 saturated carbocycles. The third-order valence-electron chi connectivity index (χ3n) is 2.62. The Morgan fingerprint density at radius 2 is 2.10 bits per heavy atom. The number of ether oxygens (including phenoxy) is 1. The molecular weight excluding hydrogens is 256 g/mol. The van der Waals surface area contributed by atoms with Crippen LogP contribution in [0, 0.1) is 6.92 Å². The van der Waals surface area contributed by atoms with Crippen LogP contribution >= 0.6 is 0 Å². The molecule has 0 radical (unpaired) electrons. The highest BCUT2D eigenvalue weighted by molar-refractivity contribution is 5.29. The first-order valence-corrected chi connectivity index (χ1v) is 6.54. The number of aromatic nitrogens is 3. The summed E-state index contributed by atoms with van der Waals surface area (Å²) in [7, 11) is 0. The van der Waals surface area contributed by atoms with Gasteiger partial charge in [0.05, 0.1) is 5.69 Å². The highest BCUT2D eigenvalue weighted by Crippen LogP contribution is 2.18. The van der Waals surface area contributed by atoms with Gasteiger partial charge in [0.2, 0.25) is 12.2 Å². The molecule has 2 heterocycles. The van der Waals surface area contributed by atoms with Gasteiger partial charge in [0.1, 0.15) is 5.75 Å². The first-order chi connectivity index (χ1) is 9.44. The molecule has 0 unspecified atom stereocenters. The van der Waals surface area contributed by atoms with Crippen molar-refractivity contribution in [2.24, 2.45) is 0 Å². The Morgan fingerprint density at radius 3 is 2.75 bits per heavy atom. The molecule has 6 nitrogen and oxygen atoms in total. The summed E-state index contributed by atoms with van der Waals surface area (Å²) in [6, 6.07) is 3.84. The minimum Gasteiger partial charge on any atom is -0.484 e. The highest BCUT2D eigenvalue weighted by Gasteiger charge is 2.13. The summed E-state index contributed by atoms with van der Waals surface area (Å²) in [6.45, 7) is 9.22. The molecule has 2 aromatic heterocycles. The van der Waals surface area contributed by atoms with E-state index in [2.05, 4.69) is 45.7 Å². The van der Waals surface area contributed by atoms with Crippen molar-refractivity contribution < 1.29 is 9.26 Å². The van der Waals surface area contributed by atoms with Gasteiger partial charge in [-0.15, -0.1) is 0 Å². The van der Waals surface area contributed by atoms with E-state index in [1.165, 1.54) is 6.39 Å². The molecule has 2 rings (SSSR count). The minimum atomic E-state index is 0.0242. The van der Waals surface area contributed by atoms with E-state index in [1.807, 2.05) is 19.1 Å². The average Bonchev–Trinajstić information content (AvgIpc) is 2.87. The molecular formula is C14H20N4O2. The van der Waals surface area contributed by atoms with E-state index in [0.717, 1.165) is 17.1 Å². The zero-order valence-electron chi connectivity index (χ0n) is 12.3. The zero-order valence-corrected chi connectivity index (χ0v) is 12.3. The molecule has 2 aromatic rings. The van der Waals surface area contributed by atoms with E-state index in [1.54, 1.807) is 0 Å². The molecule has 0 bridgehead atoms. The minimum absolute atomic E-state index is 0.0242.